The quantitative estimate of drug-likeness (QED) is 0.457. The molecule has 19 heavy (non-hydrogen) atoms. The lowest BCUT2D eigenvalue weighted by Gasteiger charge is -2.11. The van der Waals surface area contributed by atoms with Crippen molar-refractivity contribution >= 4 is 15.7 Å². The molecular formula is C11H14N2O5S. The average Bonchev–Trinajstić information content (AvgIpc) is 2.35. The molecule has 0 aliphatic carbocycles. The van der Waals surface area contributed by atoms with E-state index in [0.717, 1.165) is 12.1 Å². The maximum absolute atomic E-state index is 11.9. The number of aliphatic hydroxyl groups is 1. The molecule has 1 aromatic carbocycles. The molecule has 104 valence electrons. The first-order chi connectivity index (χ1) is 8.75. The van der Waals surface area contributed by atoms with Crippen LogP contribution in [0.5, 0.6) is 0 Å². The third-order valence-corrected chi connectivity index (χ3v) is 3.86. The van der Waals surface area contributed by atoms with Crippen LogP contribution in [0.2, 0.25) is 0 Å². The number of nitro benzene ring substituents is 1. The summed E-state index contributed by atoms with van der Waals surface area (Å²) in [5, 5.41) is 20.2. The van der Waals surface area contributed by atoms with Crippen LogP contribution < -0.4 is 4.72 Å². The van der Waals surface area contributed by atoms with Gasteiger partial charge in [-0.1, -0.05) is 24.3 Å². The predicted molar refractivity (Wildman–Crippen MR) is 69.1 cm³/mol. The summed E-state index contributed by atoms with van der Waals surface area (Å²) in [6.45, 7) is 4.74. The lowest BCUT2D eigenvalue weighted by Crippen LogP contribution is -2.32. The van der Waals surface area contributed by atoms with Crippen LogP contribution in [0.4, 0.5) is 5.69 Å². The molecule has 0 saturated heterocycles. The molecular weight excluding hydrogens is 272 g/mol. The summed E-state index contributed by atoms with van der Waals surface area (Å²) < 4.78 is 26.0. The Labute approximate surface area is 110 Å². The van der Waals surface area contributed by atoms with Crippen molar-refractivity contribution < 1.29 is 18.4 Å². The van der Waals surface area contributed by atoms with E-state index in [2.05, 4.69) is 11.3 Å². The number of hydrogen-bond acceptors (Lipinski definition) is 5. The zero-order chi connectivity index (χ0) is 14.6. The summed E-state index contributed by atoms with van der Waals surface area (Å²) in [6.07, 6.45) is -1.04. The summed E-state index contributed by atoms with van der Waals surface area (Å²) in [5.74, 6) is 0. The standard InChI is InChI=1S/C11H14N2O5S/c1-8(2)10(14)7-12-19(17,18)11-6-4-3-5-9(11)13(15)16/h3-6,10,12,14H,1,7H2,2H3. The highest BCUT2D eigenvalue weighted by Crippen LogP contribution is 2.22. The fourth-order valence-corrected chi connectivity index (χ4v) is 2.48. The minimum atomic E-state index is -4.06. The monoisotopic (exact) mass is 286 g/mol. The molecule has 1 aromatic rings. The van der Waals surface area contributed by atoms with Crippen LogP contribution in [0.3, 0.4) is 0 Å². The van der Waals surface area contributed by atoms with Gasteiger partial charge >= 0.3 is 0 Å². The van der Waals surface area contributed by atoms with Crippen molar-refractivity contribution in [2.24, 2.45) is 0 Å². The van der Waals surface area contributed by atoms with E-state index in [1.807, 2.05) is 0 Å². The van der Waals surface area contributed by atoms with E-state index in [9.17, 15) is 23.6 Å². The van der Waals surface area contributed by atoms with E-state index in [1.54, 1.807) is 6.92 Å². The van der Waals surface area contributed by atoms with Gasteiger partial charge in [0.1, 0.15) is 0 Å². The van der Waals surface area contributed by atoms with Crippen molar-refractivity contribution in [3.63, 3.8) is 0 Å². The Morgan fingerprint density at radius 3 is 2.63 bits per heavy atom. The minimum Gasteiger partial charge on any atom is -0.387 e. The first-order valence-electron chi connectivity index (χ1n) is 5.32. The molecule has 0 bridgehead atoms. The van der Waals surface area contributed by atoms with Crippen LogP contribution >= 0.6 is 0 Å². The van der Waals surface area contributed by atoms with Crippen LogP contribution in [0.1, 0.15) is 6.92 Å². The molecule has 0 aliphatic rings. The van der Waals surface area contributed by atoms with Crippen molar-refractivity contribution in [1.29, 1.82) is 0 Å². The Bertz CT molecular complexity index is 597. The first-order valence-corrected chi connectivity index (χ1v) is 6.80. The van der Waals surface area contributed by atoms with Crippen molar-refractivity contribution in [3.8, 4) is 0 Å². The molecule has 8 heteroatoms. The van der Waals surface area contributed by atoms with E-state index < -0.39 is 31.6 Å². The average molecular weight is 286 g/mol. The van der Waals surface area contributed by atoms with Crippen LogP contribution in [0.25, 0.3) is 0 Å². The second kappa shape index (κ2) is 5.91. The van der Waals surface area contributed by atoms with Crippen LogP contribution in [0, 0.1) is 10.1 Å². The van der Waals surface area contributed by atoms with E-state index in [-0.39, 0.29) is 6.54 Å². The zero-order valence-corrected chi connectivity index (χ0v) is 11.1. The summed E-state index contributed by atoms with van der Waals surface area (Å²) in [5.41, 5.74) is -0.120. The lowest BCUT2D eigenvalue weighted by atomic mass is 10.2. The smallest absolute Gasteiger partial charge is 0.289 e. The number of benzene rings is 1. The summed E-state index contributed by atoms with van der Waals surface area (Å²) in [4.78, 5) is 9.55. The Morgan fingerprint density at radius 1 is 1.53 bits per heavy atom. The number of sulfonamides is 1. The molecule has 0 fully saturated rings. The molecule has 0 saturated carbocycles. The maximum atomic E-state index is 11.9. The second-order valence-electron chi connectivity index (χ2n) is 3.94. The summed E-state index contributed by atoms with van der Waals surface area (Å²) >= 11 is 0. The van der Waals surface area contributed by atoms with Crippen LogP contribution in [-0.4, -0.2) is 31.1 Å². The van der Waals surface area contributed by atoms with Crippen molar-refractivity contribution in [3.05, 3.63) is 46.5 Å². The fraction of sp³-hybridized carbons (Fsp3) is 0.273. The van der Waals surface area contributed by atoms with Gasteiger partial charge in [0.15, 0.2) is 4.90 Å². The third kappa shape index (κ3) is 3.85. The number of nitro groups is 1. The number of nitrogens with zero attached hydrogens (tertiary/aromatic N) is 1. The minimum absolute atomic E-state index is 0.288. The number of para-hydroxylation sites is 1. The maximum Gasteiger partial charge on any atom is 0.289 e. The van der Waals surface area contributed by atoms with Gasteiger partial charge in [-0.2, -0.15) is 0 Å². The van der Waals surface area contributed by atoms with Gasteiger partial charge in [0.05, 0.1) is 11.0 Å². The third-order valence-electron chi connectivity index (χ3n) is 2.39. The lowest BCUT2D eigenvalue weighted by molar-refractivity contribution is -0.387. The van der Waals surface area contributed by atoms with Gasteiger partial charge in [0.2, 0.25) is 10.0 Å². The van der Waals surface area contributed by atoms with E-state index in [4.69, 9.17) is 0 Å². The molecule has 0 heterocycles. The van der Waals surface area contributed by atoms with Gasteiger partial charge in [-0.15, -0.1) is 0 Å². The molecule has 0 radical (unpaired) electrons. The van der Waals surface area contributed by atoms with Crippen molar-refractivity contribution in [1.82, 2.24) is 4.72 Å². The highest BCUT2D eigenvalue weighted by molar-refractivity contribution is 7.89. The first kappa shape index (κ1) is 15.3. The van der Waals surface area contributed by atoms with Gasteiger partial charge in [-0.25, -0.2) is 13.1 Å². The molecule has 2 N–H and O–H groups in total. The van der Waals surface area contributed by atoms with Gasteiger partial charge in [-0.3, -0.25) is 10.1 Å². The van der Waals surface area contributed by atoms with Gasteiger partial charge in [-0.05, 0) is 13.0 Å². The molecule has 0 amide bonds. The Hall–Kier alpha value is -1.77. The molecule has 0 aromatic heterocycles. The van der Waals surface area contributed by atoms with Gasteiger partial charge in [0, 0.05) is 12.6 Å². The molecule has 7 nitrogen and oxygen atoms in total. The Balaban J connectivity index is 3.01. The van der Waals surface area contributed by atoms with Crippen LogP contribution in [0.15, 0.2) is 41.3 Å². The molecule has 1 atom stereocenters. The number of nitrogens with one attached hydrogen (secondary N) is 1. The Kier molecular flexibility index (Phi) is 4.76. The van der Waals surface area contributed by atoms with Crippen molar-refractivity contribution in [2.45, 2.75) is 17.9 Å². The predicted octanol–water partition coefficient (Wildman–Crippen LogP) is 0.810. The molecule has 0 spiro atoms. The molecule has 1 unspecified atom stereocenters. The summed E-state index contributed by atoms with van der Waals surface area (Å²) in [7, 11) is -4.06. The van der Waals surface area contributed by atoms with Gasteiger partial charge < -0.3 is 5.11 Å². The second-order valence-corrected chi connectivity index (χ2v) is 5.67. The fourth-order valence-electron chi connectivity index (χ4n) is 1.28. The topological polar surface area (TPSA) is 110 Å². The normalized spacial score (nSPS) is 12.9. The van der Waals surface area contributed by atoms with E-state index in [0.29, 0.717) is 5.57 Å². The molecule has 1 rings (SSSR count). The zero-order valence-electron chi connectivity index (χ0n) is 10.2. The summed E-state index contributed by atoms with van der Waals surface area (Å²) in [6, 6.07) is 4.99. The number of hydrogen-bond donors (Lipinski definition) is 2. The van der Waals surface area contributed by atoms with Gasteiger partial charge in [0.25, 0.3) is 5.69 Å². The number of aliphatic hydroxyl groups excluding tert-OH is 1. The Morgan fingerprint density at radius 2 is 2.11 bits per heavy atom. The highest BCUT2D eigenvalue weighted by atomic mass is 32.2. The van der Waals surface area contributed by atoms with E-state index >= 15 is 0 Å². The largest absolute Gasteiger partial charge is 0.387 e. The van der Waals surface area contributed by atoms with E-state index in [1.165, 1.54) is 12.1 Å². The number of rotatable bonds is 6. The SMILES string of the molecule is C=C(C)C(O)CNS(=O)(=O)c1ccccc1[N+](=O)[O-]. The van der Waals surface area contributed by atoms with Crippen molar-refractivity contribution in [2.75, 3.05) is 6.54 Å². The van der Waals surface area contributed by atoms with Crippen LogP contribution in [-0.2, 0) is 10.0 Å². The molecule has 0 aliphatic heterocycles. The highest BCUT2D eigenvalue weighted by Gasteiger charge is 2.25.